The van der Waals surface area contributed by atoms with E-state index < -0.39 is 5.97 Å². The number of hydrogen-bond donors (Lipinski definition) is 0. The van der Waals surface area contributed by atoms with Gasteiger partial charge in [0.15, 0.2) is 23.0 Å². The summed E-state index contributed by atoms with van der Waals surface area (Å²) in [5, 5.41) is 0. The smallest absolute Gasteiger partial charge is 0.385 e. The lowest BCUT2D eigenvalue weighted by molar-refractivity contribution is -0.135. The van der Waals surface area contributed by atoms with Crippen LogP contribution in [0.5, 0.6) is 23.0 Å². The molecule has 0 fully saturated rings. The summed E-state index contributed by atoms with van der Waals surface area (Å²) in [7, 11) is 3.16. The molecule has 0 N–H and O–H groups in total. The Bertz CT molecular complexity index is 920. The zero-order valence-corrected chi connectivity index (χ0v) is 15.0. The van der Waals surface area contributed by atoms with E-state index in [-0.39, 0.29) is 13.4 Å². The lowest BCUT2D eigenvalue weighted by Gasteiger charge is -2.07. The van der Waals surface area contributed by atoms with Gasteiger partial charge in [-0.2, -0.15) is 0 Å². The molecule has 0 spiro atoms. The molecule has 1 heterocycles. The van der Waals surface area contributed by atoms with Crippen LogP contribution in [0.4, 0.5) is 0 Å². The number of fused-ring (bicyclic) bond motifs is 1. The normalized spacial score (nSPS) is 11.6. The minimum Gasteiger partial charge on any atom is -0.493 e. The molecule has 138 valence electrons. The third-order valence-electron chi connectivity index (χ3n) is 3.71. The third-order valence-corrected chi connectivity index (χ3v) is 3.71. The maximum absolute atomic E-state index is 11.7. The molecular formula is C21H18O6. The van der Waals surface area contributed by atoms with Crippen molar-refractivity contribution in [3.63, 3.8) is 0 Å². The SMILES string of the molecule is COc1ccc(/C=C/COC(=O)C#Cc2ccc3c(c2)OCO3)cc1OC. The predicted octanol–water partition coefficient (Wildman–Crippen LogP) is 3.04. The number of methoxy groups -OCH3 is 2. The number of ether oxygens (including phenoxy) is 5. The van der Waals surface area contributed by atoms with Crippen LogP contribution in [0.1, 0.15) is 11.1 Å². The van der Waals surface area contributed by atoms with Gasteiger partial charge in [0.1, 0.15) is 6.61 Å². The minimum absolute atomic E-state index is 0.114. The second-order valence-electron chi connectivity index (χ2n) is 5.43. The lowest BCUT2D eigenvalue weighted by atomic mass is 10.2. The zero-order valence-electron chi connectivity index (χ0n) is 15.0. The van der Waals surface area contributed by atoms with E-state index >= 15 is 0 Å². The van der Waals surface area contributed by atoms with Gasteiger partial charge >= 0.3 is 5.97 Å². The molecule has 0 saturated carbocycles. The fourth-order valence-corrected chi connectivity index (χ4v) is 2.40. The molecule has 6 heteroatoms. The highest BCUT2D eigenvalue weighted by Crippen LogP contribution is 2.32. The van der Waals surface area contributed by atoms with Crippen LogP contribution in [0.2, 0.25) is 0 Å². The molecule has 0 aromatic heterocycles. The molecular weight excluding hydrogens is 348 g/mol. The maximum atomic E-state index is 11.7. The average molecular weight is 366 g/mol. The number of carbonyl (C=O) groups is 1. The molecule has 27 heavy (non-hydrogen) atoms. The summed E-state index contributed by atoms with van der Waals surface area (Å²) in [4.78, 5) is 11.7. The first-order valence-electron chi connectivity index (χ1n) is 8.16. The topological polar surface area (TPSA) is 63.2 Å². The van der Waals surface area contributed by atoms with E-state index in [4.69, 9.17) is 23.7 Å². The van der Waals surface area contributed by atoms with Gasteiger partial charge in [-0.1, -0.05) is 18.1 Å². The van der Waals surface area contributed by atoms with Gasteiger partial charge in [-0.3, -0.25) is 0 Å². The van der Waals surface area contributed by atoms with E-state index in [9.17, 15) is 4.79 Å². The number of carbonyl (C=O) groups excluding carboxylic acids is 1. The van der Waals surface area contributed by atoms with Crippen LogP contribution in [-0.4, -0.2) is 33.6 Å². The molecule has 0 aliphatic carbocycles. The molecule has 0 bridgehead atoms. The fraction of sp³-hybridized carbons (Fsp3) is 0.190. The van der Waals surface area contributed by atoms with Gasteiger partial charge in [0.25, 0.3) is 0 Å². The molecule has 2 aromatic carbocycles. The molecule has 6 nitrogen and oxygen atoms in total. The Kier molecular flexibility index (Phi) is 5.85. The Labute approximate surface area is 157 Å². The summed E-state index contributed by atoms with van der Waals surface area (Å²) in [5.41, 5.74) is 1.55. The molecule has 3 rings (SSSR count). The molecule has 0 radical (unpaired) electrons. The van der Waals surface area contributed by atoms with Gasteiger partial charge in [-0.15, -0.1) is 0 Å². The summed E-state index contributed by atoms with van der Waals surface area (Å²) in [6, 6.07) is 10.7. The quantitative estimate of drug-likeness (QED) is 0.599. The molecule has 1 aliphatic rings. The van der Waals surface area contributed by atoms with Gasteiger partial charge in [0, 0.05) is 11.5 Å². The molecule has 0 unspecified atom stereocenters. The van der Waals surface area contributed by atoms with Crippen molar-refractivity contribution in [1.29, 1.82) is 0 Å². The Morgan fingerprint density at radius 2 is 1.89 bits per heavy atom. The summed E-state index contributed by atoms with van der Waals surface area (Å²) >= 11 is 0. The number of benzene rings is 2. The highest BCUT2D eigenvalue weighted by Gasteiger charge is 2.12. The van der Waals surface area contributed by atoms with Crippen LogP contribution in [0.3, 0.4) is 0 Å². The fourth-order valence-electron chi connectivity index (χ4n) is 2.40. The first-order valence-corrected chi connectivity index (χ1v) is 8.16. The van der Waals surface area contributed by atoms with E-state index in [0.29, 0.717) is 28.6 Å². The summed E-state index contributed by atoms with van der Waals surface area (Å²) in [6.07, 6.45) is 3.54. The van der Waals surface area contributed by atoms with Crippen LogP contribution in [-0.2, 0) is 9.53 Å². The van der Waals surface area contributed by atoms with E-state index in [0.717, 1.165) is 5.56 Å². The second kappa shape index (κ2) is 8.68. The van der Waals surface area contributed by atoms with E-state index in [1.165, 1.54) is 0 Å². The van der Waals surface area contributed by atoms with Crippen LogP contribution in [0, 0.1) is 11.8 Å². The zero-order chi connectivity index (χ0) is 19.1. The van der Waals surface area contributed by atoms with Crippen molar-refractivity contribution in [2.24, 2.45) is 0 Å². The van der Waals surface area contributed by atoms with Crippen LogP contribution in [0.15, 0.2) is 42.5 Å². The van der Waals surface area contributed by atoms with Crippen LogP contribution in [0.25, 0.3) is 6.08 Å². The van der Waals surface area contributed by atoms with E-state index in [1.807, 2.05) is 18.2 Å². The lowest BCUT2D eigenvalue weighted by Crippen LogP contribution is -2.00. The predicted molar refractivity (Wildman–Crippen MR) is 99.0 cm³/mol. The van der Waals surface area contributed by atoms with Crippen LogP contribution < -0.4 is 18.9 Å². The van der Waals surface area contributed by atoms with Gasteiger partial charge in [-0.25, -0.2) is 4.79 Å². The Balaban J connectivity index is 1.52. The van der Waals surface area contributed by atoms with Gasteiger partial charge < -0.3 is 23.7 Å². The Hall–Kier alpha value is -3.59. The van der Waals surface area contributed by atoms with Crippen molar-refractivity contribution in [3.05, 3.63) is 53.6 Å². The van der Waals surface area contributed by atoms with E-state index in [2.05, 4.69) is 11.8 Å². The maximum Gasteiger partial charge on any atom is 0.385 e. The van der Waals surface area contributed by atoms with Crippen molar-refractivity contribution in [2.75, 3.05) is 27.6 Å². The minimum atomic E-state index is -0.607. The Morgan fingerprint density at radius 3 is 2.70 bits per heavy atom. The number of hydrogen-bond acceptors (Lipinski definition) is 6. The van der Waals surface area contributed by atoms with Gasteiger partial charge in [-0.05, 0) is 42.0 Å². The number of rotatable bonds is 5. The summed E-state index contributed by atoms with van der Waals surface area (Å²) in [6.45, 7) is 0.309. The van der Waals surface area contributed by atoms with Crippen molar-refractivity contribution < 1.29 is 28.5 Å². The highest BCUT2D eigenvalue weighted by molar-refractivity contribution is 5.89. The summed E-state index contributed by atoms with van der Waals surface area (Å²) in [5.74, 6) is 7.16. The molecule has 0 amide bonds. The van der Waals surface area contributed by atoms with Crippen molar-refractivity contribution >= 4 is 12.0 Å². The van der Waals surface area contributed by atoms with Crippen LogP contribution >= 0.6 is 0 Å². The Morgan fingerprint density at radius 1 is 1.07 bits per heavy atom. The number of esters is 1. The third kappa shape index (κ3) is 4.73. The molecule has 1 aliphatic heterocycles. The van der Waals surface area contributed by atoms with Crippen molar-refractivity contribution in [3.8, 4) is 34.8 Å². The van der Waals surface area contributed by atoms with Gasteiger partial charge in [0.05, 0.1) is 14.2 Å². The molecule has 0 atom stereocenters. The molecule has 2 aromatic rings. The summed E-state index contributed by atoms with van der Waals surface area (Å²) < 4.78 is 26.0. The largest absolute Gasteiger partial charge is 0.493 e. The second-order valence-corrected chi connectivity index (χ2v) is 5.43. The highest BCUT2D eigenvalue weighted by atomic mass is 16.7. The monoisotopic (exact) mass is 366 g/mol. The van der Waals surface area contributed by atoms with Crippen molar-refractivity contribution in [2.45, 2.75) is 0 Å². The van der Waals surface area contributed by atoms with Gasteiger partial charge in [0.2, 0.25) is 6.79 Å². The first-order chi connectivity index (χ1) is 13.2. The van der Waals surface area contributed by atoms with Crippen molar-refractivity contribution in [1.82, 2.24) is 0 Å². The molecule has 0 saturated heterocycles. The standard InChI is InChI=1S/C21H18O6/c1-23-17-8-5-15(12-19(17)24-2)4-3-11-25-21(22)10-7-16-6-9-18-20(13-16)27-14-26-18/h3-6,8-9,12-13H,11,14H2,1-2H3/b4-3+. The average Bonchev–Trinajstić information content (AvgIpc) is 3.17. The first kappa shape index (κ1) is 18.2. The van der Waals surface area contributed by atoms with E-state index in [1.54, 1.807) is 44.6 Å².